The van der Waals surface area contributed by atoms with Crippen molar-refractivity contribution in [3.05, 3.63) is 54.1 Å². The number of para-hydroxylation sites is 1. The number of nitrogens with zero attached hydrogens (tertiary/aromatic N) is 1. The summed E-state index contributed by atoms with van der Waals surface area (Å²) in [7, 11) is 1.60. The van der Waals surface area contributed by atoms with Crippen LogP contribution in [0.5, 0.6) is 17.2 Å². The number of ether oxygens (including phenoxy) is 3. The van der Waals surface area contributed by atoms with Crippen LogP contribution in [0.15, 0.2) is 48.5 Å². The molecule has 2 aromatic carbocycles. The third-order valence-corrected chi connectivity index (χ3v) is 4.28. The fraction of sp³-hybridized carbons (Fsp3) is 0.350. The van der Waals surface area contributed by atoms with Crippen LogP contribution in [-0.2, 0) is 4.79 Å². The molecule has 1 aliphatic rings. The average molecular weight is 357 g/mol. The van der Waals surface area contributed by atoms with Crippen molar-refractivity contribution < 1.29 is 24.1 Å². The molecular weight excluding hydrogens is 334 g/mol. The van der Waals surface area contributed by atoms with Crippen molar-refractivity contribution in [2.45, 2.75) is 19.1 Å². The lowest BCUT2D eigenvalue weighted by Crippen LogP contribution is -2.59. The summed E-state index contributed by atoms with van der Waals surface area (Å²) < 4.78 is 16.5. The van der Waals surface area contributed by atoms with Gasteiger partial charge in [-0.3, -0.25) is 4.79 Å². The molecule has 1 atom stereocenters. The highest BCUT2D eigenvalue weighted by Crippen LogP contribution is 2.23. The summed E-state index contributed by atoms with van der Waals surface area (Å²) in [5.41, 5.74) is 0.961. The molecule has 1 aliphatic heterocycles. The van der Waals surface area contributed by atoms with Crippen molar-refractivity contribution in [1.29, 1.82) is 0 Å². The Morgan fingerprint density at radius 2 is 1.92 bits per heavy atom. The summed E-state index contributed by atoms with van der Waals surface area (Å²) in [6.07, 6.45) is -1.28. The lowest BCUT2D eigenvalue weighted by Gasteiger charge is -2.39. The van der Waals surface area contributed by atoms with Gasteiger partial charge in [-0.25, -0.2) is 0 Å². The Kier molecular flexibility index (Phi) is 5.63. The number of aliphatic hydroxyl groups is 1. The van der Waals surface area contributed by atoms with Crippen LogP contribution in [-0.4, -0.2) is 54.9 Å². The number of likely N-dealkylation sites (tertiary alicyclic amines) is 1. The highest BCUT2D eigenvalue weighted by Gasteiger charge is 2.35. The molecule has 138 valence electrons. The van der Waals surface area contributed by atoms with E-state index in [9.17, 15) is 9.90 Å². The van der Waals surface area contributed by atoms with Crippen LogP contribution in [0.25, 0.3) is 0 Å². The minimum Gasteiger partial charge on any atom is -0.497 e. The topological polar surface area (TPSA) is 68.2 Å². The van der Waals surface area contributed by atoms with Gasteiger partial charge in [-0.1, -0.05) is 24.3 Å². The van der Waals surface area contributed by atoms with Gasteiger partial charge in [0.15, 0.2) is 6.10 Å². The van der Waals surface area contributed by atoms with Gasteiger partial charge in [-0.2, -0.15) is 0 Å². The Bertz CT molecular complexity index is 757. The monoisotopic (exact) mass is 357 g/mol. The standard InChI is InChI=1S/C20H23NO5/c1-14-6-3-4-9-19(14)25-13-18(22)20(23)21-11-17(12-21)26-16-8-5-7-15(10-16)24-2/h3-10,17-18,22H,11-13H2,1-2H3/t18-/m1/s1. The molecule has 1 fully saturated rings. The van der Waals surface area contributed by atoms with Gasteiger partial charge < -0.3 is 24.2 Å². The molecule has 1 saturated heterocycles. The van der Waals surface area contributed by atoms with Gasteiger partial charge in [0.25, 0.3) is 5.91 Å². The number of hydrogen-bond donors (Lipinski definition) is 1. The Labute approximate surface area is 152 Å². The molecule has 6 nitrogen and oxygen atoms in total. The third kappa shape index (κ3) is 4.26. The van der Waals surface area contributed by atoms with Crippen LogP contribution in [0.4, 0.5) is 0 Å². The molecule has 0 radical (unpaired) electrons. The maximum absolute atomic E-state index is 12.3. The van der Waals surface area contributed by atoms with Crippen LogP contribution in [0.2, 0.25) is 0 Å². The van der Waals surface area contributed by atoms with Gasteiger partial charge in [-0.15, -0.1) is 0 Å². The van der Waals surface area contributed by atoms with Gasteiger partial charge in [0, 0.05) is 6.07 Å². The first-order chi connectivity index (χ1) is 12.6. The Morgan fingerprint density at radius 3 is 2.65 bits per heavy atom. The minimum absolute atomic E-state index is 0.0679. The van der Waals surface area contributed by atoms with E-state index in [0.29, 0.717) is 24.6 Å². The van der Waals surface area contributed by atoms with Crippen LogP contribution in [0.3, 0.4) is 0 Å². The van der Waals surface area contributed by atoms with Crippen molar-refractivity contribution in [2.75, 3.05) is 26.8 Å². The second-order valence-electron chi connectivity index (χ2n) is 6.25. The number of rotatable bonds is 7. The molecule has 0 spiro atoms. The molecule has 0 bridgehead atoms. The van der Waals surface area contributed by atoms with Crippen LogP contribution in [0.1, 0.15) is 5.56 Å². The normalized spacial score (nSPS) is 15.1. The van der Waals surface area contributed by atoms with Crippen molar-refractivity contribution >= 4 is 5.91 Å². The molecule has 1 N–H and O–H groups in total. The van der Waals surface area contributed by atoms with Gasteiger partial charge in [0.2, 0.25) is 0 Å². The van der Waals surface area contributed by atoms with E-state index in [0.717, 1.165) is 11.3 Å². The SMILES string of the molecule is COc1cccc(OC2CN(C(=O)[C@H](O)COc3ccccc3C)C2)c1. The fourth-order valence-corrected chi connectivity index (χ4v) is 2.73. The molecule has 1 heterocycles. The number of carbonyl (C=O) groups excluding carboxylic acids is 1. The first-order valence-corrected chi connectivity index (χ1v) is 8.53. The average Bonchev–Trinajstić information content (AvgIpc) is 2.63. The molecule has 1 amide bonds. The molecule has 0 aromatic heterocycles. The first-order valence-electron chi connectivity index (χ1n) is 8.53. The molecule has 26 heavy (non-hydrogen) atoms. The number of hydrogen-bond acceptors (Lipinski definition) is 5. The quantitative estimate of drug-likeness (QED) is 0.821. The van der Waals surface area contributed by atoms with E-state index in [1.165, 1.54) is 0 Å². The van der Waals surface area contributed by atoms with Crippen molar-refractivity contribution in [3.63, 3.8) is 0 Å². The predicted octanol–water partition coefficient (Wildman–Crippen LogP) is 2.03. The number of aliphatic hydroxyl groups excluding tert-OH is 1. The number of amides is 1. The van der Waals surface area contributed by atoms with Crippen LogP contribution in [0, 0.1) is 6.92 Å². The van der Waals surface area contributed by atoms with Gasteiger partial charge in [0.1, 0.15) is 30.0 Å². The number of methoxy groups -OCH3 is 1. The highest BCUT2D eigenvalue weighted by atomic mass is 16.5. The summed E-state index contributed by atoms with van der Waals surface area (Å²) in [4.78, 5) is 13.8. The van der Waals surface area contributed by atoms with E-state index in [-0.39, 0.29) is 18.6 Å². The minimum atomic E-state index is -1.19. The third-order valence-electron chi connectivity index (χ3n) is 4.28. The van der Waals surface area contributed by atoms with Crippen molar-refractivity contribution in [1.82, 2.24) is 4.90 Å². The number of carbonyl (C=O) groups is 1. The largest absolute Gasteiger partial charge is 0.497 e. The summed E-state index contributed by atoms with van der Waals surface area (Å²) in [6, 6.07) is 14.8. The molecular formula is C20H23NO5. The summed E-state index contributed by atoms with van der Waals surface area (Å²) >= 11 is 0. The van der Waals surface area contributed by atoms with E-state index in [2.05, 4.69) is 0 Å². The second-order valence-corrected chi connectivity index (χ2v) is 6.25. The Balaban J connectivity index is 1.44. The molecule has 6 heteroatoms. The Hall–Kier alpha value is -2.73. The van der Waals surface area contributed by atoms with E-state index in [1.54, 1.807) is 18.1 Å². The van der Waals surface area contributed by atoms with Crippen LogP contribution < -0.4 is 14.2 Å². The molecule has 3 rings (SSSR count). The molecule has 0 aliphatic carbocycles. The predicted molar refractivity (Wildman–Crippen MR) is 96.7 cm³/mol. The zero-order chi connectivity index (χ0) is 18.5. The molecule has 0 unspecified atom stereocenters. The lowest BCUT2D eigenvalue weighted by molar-refractivity contribution is -0.150. The maximum Gasteiger partial charge on any atom is 0.255 e. The van der Waals surface area contributed by atoms with E-state index >= 15 is 0 Å². The second kappa shape index (κ2) is 8.10. The van der Waals surface area contributed by atoms with Crippen molar-refractivity contribution in [2.24, 2.45) is 0 Å². The van der Waals surface area contributed by atoms with E-state index in [1.807, 2.05) is 49.4 Å². The number of aryl methyl sites for hydroxylation is 1. The van der Waals surface area contributed by atoms with Gasteiger partial charge >= 0.3 is 0 Å². The van der Waals surface area contributed by atoms with E-state index in [4.69, 9.17) is 14.2 Å². The summed E-state index contributed by atoms with van der Waals surface area (Å²) in [5.74, 6) is 1.75. The fourth-order valence-electron chi connectivity index (χ4n) is 2.73. The van der Waals surface area contributed by atoms with Crippen LogP contribution >= 0.6 is 0 Å². The smallest absolute Gasteiger partial charge is 0.255 e. The van der Waals surface area contributed by atoms with E-state index < -0.39 is 6.10 Å². The molecule has 0 saturated carbocycles. The zero-order valence-corrected chi connectivity index (χ0v) is 14.9. The Morgan fingerprint density at radius 1 is 1.19 bits per heavy atom. The lowest BCUT2D eigenvalue weighted by atomic mass is 10.1. The summed E-state index contributed by atoms with van der Waals surface area (Å²) in [5, 5.41) is 10.1. The number of benzene rings is 2. The highest BCUT2D eigenvalue weighted by molar-refractivity contribution is 5.81. The summed E-state index contributed by atoms with van der Waals surface area (Å²) in [6.45, 7) is 2.73. The van der Waals surface area contributed by atoms with Crippen molar-refractivity contribution in [3.8, 4) is 17.2 Å². The molecule has 2 aromatic rings. The maximum atomic E-state index is 12.3. The first kappa shape index (κ1) is 18.1. The van der Waals surface area contributed by atoms with Gasteiger partial charge in [0.05, 0.1) is 20.2 Å². The van der Waals surface area contributed by atoms with Gasteiger partial charge in [-0.05, 0) is 30.7 Å². The zero-order valence-electron chi connectivity index (χ0n) is 14.9.